The lowest BCUT2D eigenvalue weighted by atomic mass is 9.72. The molecule has 2 aliphatic heterocycles. The van der Waals surface area contributed by atoms with Gasteiger partial charge in [-0.2, -0.15) is 13.2 Å². The van der Waals surface area contributed by atoms with Crippen LogP contribution < -0.4 is 0 Å². The Kier molecular flexibility index (Phi) is 6.47. The summed E-state index contributed by atoms with van der Waals surface area (Å²) in [4.78, 5) is 28.6. The average molecular weight is 497 g/mol. The number of likely N-dealkylation sites (tertiary alicyclic amines) is 2. The summed E-state index contributed by atoms with van der Waals surface area (Å²) < 4.78 is 38.2. The van der Waals surface area contributed by atoms with Crippen molar-refractivity contribution in [2.45, 2.75) is 19.0 Å². The summed E-state index contributed by atoms with van der Waals surface area (Å²) in [5.74, 6) is -0.356. The van der Waals surface area contributed by atoms with Gasteiger partial charge in [-0.05, 0) is 60.9 Å². The second-order valence-electron chi connectivity index (χ2n) is 8.57. The number of carbonyl (C=O) groups is 2. The topological polar surface area (TPSA) is 40.6 Å². The lowest BCUT2D eigenvalue weighted by Gasteiger charge is -2.53. The van der Waals surface area contributed by atoms with Gasteiger partial charge in [0.2, 0.25) is 5.91 Å². The minimum absolute atomic E-state index is 0.00992. The summed E-state index contributed by atoms with van der Waals surface area (Å²) in [6.07, 6.45) is 0.277. The Labute approximate surface area is 199 Å². The minimum Gasteiger partial charge on any atom is -0.339 e. The summed E-state index contributed by atoms with van der Waals surface area (Å²) in [5.41, 5.74) is 0.244. The number of benzene rings is 2. The predicted molar refractivity (Wildman–Crippen MR) is 121 cm³/mol. The highest BCUT2D eigenvalue weighted by atomic mass is 35.5. The monoisotopic (exact) mass is 496 g/mol. The molecule has 0 radical (unpaired) electrons. The van der Waals surface area contributed by atoms with Crippen LogP contribution in [0.4, 0.5) is 13.2 Å². The van der Waals surface area contributed by atoms with E-state index in [0.29, 0.717) is 36.2 Å². The highest BCUT2D eigenvalue weighted by Gasteiger charge is 2.46. The fourth-order valence-corrected chi connectivity index (χ4v) is 4.60. The van der Waals surface area contributed by atoms with Gasteiger partial charge in [0.05, 0.1) is 15.6 Å². The average Bonchev–Trinajstić information content (AvgIpc) is 2.77. The van der Waals surface area contributed by atoms with Crippen LogP contribution in [-0.4, -0.2) is 47.8 Å². The Bertz CT molecular complexity index is 1080. The molecule has 1 spiro atoms. The number of hydrogen-bond acceptors (Lipinski definition) is 2. The van der Waals surface area contributed by atoms with Gasteiger partial charge in [-0.25, -0.2) is 0 Å². The second-order valence-corrected chi connectivity index (χ2v) is 9.38. The van der Waals surface area contributed by atoms with E-state index in [0.717, 1.165) is 30.5 Å². The van der Waals surface area contributed by atoms with Crippen molar-refractivity contribution in [3.8, 4) is 0 Å². The summed E-state index contributed by atoms with van der Waals surface area (Å²) >= 11 is 11.9. The number of alkyl halides is 3. The van der Waals surface area contributed by atoms with Gasteiger partial charge < -0.3 is 9.80 Å². The lowest BCUT2D eigenvalue weighted by molar-refractivity contribution is -0.140. The van der Waals surface area contributed by atoms with Crippen molar-refractivity contribution in [2.24, 2.45) is 5.41 Å². The molecule has 0 N–H and O–H groups in total. The van der Waals surface area contributed by atoms with Crippen LogP contribution in [0.2, 0.25) is 10.0 Å². The van der Waals surface area contributed by atoms with Crippen LogP contribution in [0.1, 0.15) is 34.3 Å². The third kappa shape index (κ3) is 5.20. The summed E-state index contributed by atoms with van der Waals surface area (Å²) in [6, 6.07) is 9.44. The van der Waals surface area contributed by atoms with E-state index in [-0.39, 0.29) is 22.8 Å². The highest BCUT2D eigenvalue weighted by Crippen LogP contribution is 2.41. The number of piperidine rings is 1. The Morgan fingerprint density at radius 3 is 2.12 bits per heavy atom. The molecule has 4 rings (SSSR count). The van der Waals surface area contributed by atoms with Crippen molar-refractivity contribution in [3.63, 3.8) is 0 Å². The zero-order valence-electron chi connectivity index (χ0n) is 17.5. The molecule has 0 aromatic heterocycles. The fraction of sp³-hybridized carbons (Fsp3) is 0.333. The maximum absolute atomic E-state index is 12.7. The van der Waals surface area contributed by atoms with Gasteiger partial charge in [0.15, 0.2) is 0 Å². The van der Waals surface area contributed by atoms with E-state index in [1.54, 1.807) is 34.1 Å². The van der Waals surface area contributed by atoms with Crippen molar-refractivity contribution in [1.82, 2.24) is 9.80 Å². The van der Waals surface area contributed by atoms with Gasteiger partial charge in [0.1, 0.15) is 0 Å². The molecule has 2 fully saturated rings. The molecule has 2 aromatic carbocycles. The molecular formula is C24H21Cl2F3N2O2. The van der Waals surface area contributed by atoms with E-state index < -0.39 is 11.7 Å². The number of nitrogens with zero attached hydrogens (tertiary/aromatic N) is 2. The van der Waals surface area contributed by atoms with E-state index in [1.165, 1.54) is 18.2 Å². The van der Waals surface area contributed by atoms with Gasteiger partial charge >= 0.3 is 6.18 Å². The third-order valence-electron chi connectivity index (χ3n) is 6.30. The number of amides is 2. The molecule has 9 heteroatoms. The van der Waals surface area contributed by atoms with Crippen LogP contribution >= 0.6 is 23.2 Å². The first-order valence-electron chi connectivity index (χ1n) is 10.4. The predicted octanol–water partition coefficient (Wildman–Crippen LogP) is 5.79. The fourth-order valence-electron chi connectivity index (χ4n) is 4.29. The Hall–Kier alpha value is -2.51. The van der Waals surface area contributed by atoms with Crippen molar-refractivity contribution in [1.29, 1.82) is 0 Å². The Morgan fingerprint density at radius 1 is 0.909 bits per heavy atom. The van der Waals surface area contributed by atoms with Crippen molar-refractivity contribution >= 4 is 41.1 Å². The van der Waals surface area contributed by atoms with Gasteiger partial charge in [0, 0.05) is 43.2 Å². The van der Waals surface area contributed by atoms with E-state index in [4.69, 9.17) is 23.2 Å². The lowest BCUT2D eigenvalue weighted by Crippen LogP contribution is -2.62. The normalized spacial score (nSPS) is 18.0. The van der Waals surface area contributed by atoms with E-state index in [1.807, 2.05) is 0 Å². The molecule has 2 amide bonds. The first-order chi connectivity index (χ1) is 15.6. The van der Waals surface area contributed by atoms with E-state index in [2.05, 4.69) is 0 Å². The second kappa shape index (κ2) is 9.03. The zero-order chi connectivity index (χ0) is 23.8. The van der Waals surface area contributed by atoms with Crippen LogP contribution in [0.25, 0.3) is 6.08 Å². The molecule has 0 unspecified atom stereocenters. The quantitative estimate of drug-likeness (QED) is 0.504. The van der Waals surface area contributed by atoms with Crippen LogP contribution in [0.3, 0.4) is 0 Å². The standard InChI is InChI=1S/C24H21Cl2F3N2O2/c25-19-7-1-16(13-20(19)26)2-8-21(32)31-14-23(15-31)9-11-30(12-10-23)22(33)17-3-5-18(6-4-17)24(27,28)29/h1-8,13H,9-12,14-15H2. The number of rotatable bonds is 3. The molecule has 2 aromatic rings. The first-order valence-corrected chi connectivity index (χ1v) is 11.2. The van der Waals surface area contributed by atoms with Gasteiger partial charge in [-0.3, -0.25) is 9.59 Å². The van der Waals surface area contributed by atoms with Gasteiger partial charge in [-0.15, -0.1) is 0 Å². The van der Waals surface area contributed by atoms with Crippen molar-refractivity contribution in [3.05, 3.63) is 75.3 Å². The molecule has 0 aliphatic carbocycles. The molecule has 0 bridgehead atoms. The summed E-state index contributed by atoms with van der Waals surface area (Å²) in [6.45, 7) is 2.28. The molecule has 2 aliphatic rings. The Balaban J connectivity index is 1.28. The van der Waals surface area contributed by atoms with Crippen LogP contribution in [0, 0.1) is 5.41 Å². The maximum Gasteiger partial charge on any atom is 0.416 e. The molecule has 0 atom stereocenters. The third-order valence-corrected chi connectivity index (χ3v) is 7.04. The minimum atomic E-state index is -4.43. The van der Waals surface area contributed by atoms with Crippen LogP contribution in [-0.2, 0) is 11.0 Å². The molecule has 2 saturated heterocycles. The largest absolute Gasteiger partial charge is 0.416 e. The maximum atomic E-state index is 12.7. The molecule has 174 valence electrons. The summed E-state index contributed by atoms with van der Waals surface area (Å²) in [7, 11) is 0. The summed E-state index contributed by atoms with van der Waals surface area (Å²) in [5, 5.41) is 0.875. The molecule has 33 heavy (non-hydrogen) atoms. The van der Waals surface area contributed by atoms with Crippen LogP contribution in [0.15, 0.2) is 48.5 Å². The van der Waals surface area contributed by atoms with Crippen molar-refractivity contribution < 1.29 is 22.8 Å². The van der Waals surface area contributed by atoms with E-state index in [9.17, 15) is 22.8 Å². The number of carbonyl (C=O) groups excluding carboxylic acids is 2. The molecule has 4 nitrogen and oxygen atoms in total. The Morgan fingerprint density at radius 2 is 1.55 bits per heavy atom. The molecule has 0 saturated carbocycles. The SMILES string of the molecule is O=C(C=Cc1ccc(Cl)c(Cl)c1)N1CC2(CCN(C(=O)c3ccc(C(F)(F)F)cc3)CC2)C1. The smallest absolute Gasteiger partial charge is 0.339 e. The number of hydrogen-bond donors (Lipinski definition) is 0. The molecular weight excluding hydrogens is 476 g/mol. The van der Waals surface area contributed by atoms with E-state index >= 15 is 0 Å². The van der Waals surface area contributed by atoms with Crippen LogP contribution in [0.5, 0.6) is 0 Å². The van der Waals surface area contributed by atoms with Crippen molar-refractivity contribution in [2.75, 3.05) is 26.2 Å². The number of halogens is 5. The first kappa shape index (κ1) is 23.6. The highest BCUT2D eigenvalue weighted by molar-refractivity contribution is 6.42. The zero-order valence-corrected chi connectivity index (χ0v) is 19.1. The molecule has 2 heterocycles. The van der Waals surface area contributed by atoms with Gasteiger partial charge in [-0.1, -0.05) is 29.3 Å². The van der Waals surface area contributed by atoms with Gasteiger partial charge in [0.25, 0.3) is 5.91 Å².